The third-order valence-electron chi connectivity index (χ3n) is 5.06. The lowest BCUT2D eigenvalue weighted by molar-refractivity contribution is -0.122. The number of hydrogen-bond donors (Lipinski definition) is 0. The number of thioether (sulfide) groups is 1. The van der Waals surface area contributed by atoms with Crippen LogP contribution in [0, 0.1) is 0 Å². The van der Waals surface area contributed by atoms with E-state index in [-0.39, 0.29) is 11.7 Å². The van der Waals surface area contributed by atoms with E-state index < -0.39 is 5.97 Å². The lowest BCUT2D eigenvalue weighted by Gasteiger charge is -2.15. The first kappa shape index (κ1) is 23.6. The Kier molecular flexibility index (Phi) is 7.34. The van der Waals surface area contributed by atoms with Gasteiger partial charge in [0.1, 0.15) is 10.1 Å². The maximum Gasteiger partial charge on any atom is 0.379 e. The molecule has 0 spiro atoms. The first-order valence-electron chi connectivity index (χ1n) is 10.3. The van der Waals surface area contributed by atoms with Crippen molar-refractivity contribution in [2.24, 2.45) is 0 Å². The minimum absolute atomic E-state index is 0.126. The van der Waals surface area contributed by atoms with Crippen LogP contribution >= 0.6 is 24.0 Å². The van der Waals surface area contributed by atoms with Gasteiger partial charge >= 0.3 is 5.97 Å². The normalized spacial score (nSPS) is 14.5. The second kappa shape index (κ2) is 10.6. The standard InChI is InChI=1S/C25H21NO6S2/c1-29-19-10-7-17(14-21(19)30-2)11-12-26-23(27)22(34-25(26)33)15-16-5-8-18(9-6-16)32-24(28)20-4-3-13-31-20/h3-10,13-15H,11-12H2,1-2H3/b22-15-. The lowest BCUT2D eigenvalue weighted by Crippen LogP contribution is -2.30. The molecule has 1 aliphatic heterocycles. The van der Waals surface area contributed by atoms with E-state index in [4.69, 9.17) is 30.8 Å². The number of carbonyl (C=O) groups is 2. The highest BCUT2D eigenvalue weighted by Crippen LogP contribution is 2.33. The van der Waals surface area contributed by atoms with Crippen molar-refractivity contribution in [1.29, 1.82) is 0 Å². The van der Waals surface area contributed by atoms with Gasteiger partial charge in [0.2, 0.25) is 5.76 Å². The van der Waals surface area contributed by atoms with Gasteiger partial charge in [0, 0.05) is 6.54 Å². The summed E-state index contributed by atoms with van der Waals surface area (Å²) in [4.78, 5) is 27.0. The van der Waals surface area contributed by atoms with Crippen LogP contribution in [-0.4, -0.2) is 41.9 Å². The number of carbonyl (C=O) groups excluding carboxylic acids is 2. The van der Waals surface area contributed by atoms with E-state index >= 15 is 0 Å². The van der Waals surface area contributed by atoms with Gasteiger partial charge in [0.05, 0.1) is 25.4 Å². The summed E-state index contributed by atoms with van der Waals surface area (Å²) in [7, 11) is 3.18. The molecule has 0 atom stereocenters. The molecule has 9 heteroatoms. The largest absolute Gasteiger partial charge is 0.493 e. The van der Waals surface area contributed by atoms with Crippen LogP contribution in [0.4, 0.5) is 0 Å². The Morgan fingerprint density at radius 2 is 1.85 bits per heavy atom. The van der Waals surface area contributed by atoms with E-state index in [1.165, 1.54) is 24.1 Å². The number of thiocarbonyl (C=S) groups is 1. The number of furan rings is 1. The summed E-state index contributed by atoms with van der Waals surface area (Å²) in [5, 5.41) is 0. The Hall–Kier alpha value is -3.56. The summed E-state index contributed by atoms with van der Waals surface area (Å²) in [6.45, 7) is 0.457. The fourth-order valence-electron chi connectivity index (χ4n) is 3.31. The van der Waals surface area contributed by atoms with Crippen LogP contribution < -0.4 is 14.2 Å². The second-order valence-corrected chi connectivity index (χ2v) is 8.88. The molecule has 34 heavy (non-hydrogen) atoms. The van der Waals surface area contributed by atoms with Gasteiger partial charge in [-0.15, -0.1) is 0 Å². The zero-order valence-electron chi connectivity index (χ0n) is 18.5. The summed E-state index contributed by atoms with van der Waals surface area (Å²) in [5.41, 5.74) is 1.80. The third-order valence-corrected chi connectivity index (χ3v) is 6.43. The number of hydrogen-bond acceptors (Lipinski definition) is 8. The first-order chi connectivity index (χ1) is 16.5. The molecular formula is C25H21NO6S2. The molecule has 174 valence electrons. The fraction of sp³-hybridized carbons (Fsp3) is 0.160. The van der Waals surface area contributed by atoms with Crippen LogP contribution in [0.1, 0.15) is 21.7 Å². The van der Waals surface area contributed by atoms with Crippen molar-refractivity contribution < 1.29 is 28.2 Å². The van der Waals surface area contributed by atoms with Gasteiger partial charge in [-0.05, 0) is 60.0 Å². The van der Waals surface area contributed by atoms with Crippen LogP contribution in [0.3, 0.4) is 0 Å². The lowest BCUT2D eigenvalue weighted by atomic mass is 10.1. The molecule has 1 saturated heterocycles. The second-order valence-electron chi connectivity index (χ2n) is 7.21. The first-order valence-corrected chi connectivity index (χ1v) is 11.5. The van der Waals surface area contributed by atoms with Crippen LogP contribution in [0.5, 0.6) is 17.2 Å². The SMILES string of the molecule is COc1ccc(CCN2C(=O)/C(=C/c3ccc(OC(=O)c4ccco4)cc3)SC2=S)cc1OC. The Bertz CT molecular complexity index is 1230. The summed E-state index contributed by atoms with van der Waals surface area (Å²) in [6.07, 6.45) is 3.80. The Labute approximate surface area is 206 Å². The molecule has 0 saturated carbocycles. The minimum Gasteiger partial charge on any atom is -0.493 e. The molecule has 3 aromatic rings. The number of esters is 1. The van der Waals surface area contributed by atoms with Crippen LogP contribution in [0.2, 0.25) is 0 Å². The topological polar surface area (TPSA) is 78.2 Å². The zero-order chi connectivity index (χ0) is 24.1. The highest BCUT2D eigenvalue weighted by Gasteiger charge is 2.31. The number of nitrogens with zero attached hydrogens (tertiary/aromatic N) is 1. The Morgan fingerprint density at radius 1 is 1.09 bits per heavy atom. The minimum atomic E-state index is -0.576. The third kappa shape index (κ3) is 5.32. The summed E-state index contributed by atoms with van der Waals surface area (Å²) < 4.78 is 21.4. The van der Waals surface area contributed by atoms with Crippen molar-refractivity contribution in [1.82, 2.24) is 4.90 Å². The van der Waals surface area contributed by atoms with E-state index in [0.29, 0.717) is 39.4 Å². The van der Waals surface area contributed by atoms with Gasteiger partial charge in [-0.2, -0.15) is 0 Å². The number of ether oxygens (including phenoxy) is 3. The molecule has 1 aliphatic rings. The van der Waals surface area contributed by atoms with Crippen molar-refractivity contribution in [3.63, 3.8) is 0 Å². The number of amides is 1. The van der Waals surface area contributed by atoms with Crippen molar-refractivity contribution in [3.8, 4) is 17.2 Å². The van der Waals surface area contributed by atoms with Gasteiger partial charge in [-0.1, -0.05) is 42.2 Å². The molecule has 4 rings (SSSR count). The molecule has 0 N–H and O–H groups in total. The molecule has 1 amide bonds. The van der Waals surface area contributed by atoms with Crippen molar-refractivity contribution in [3.05, 3.63) is 82.7 Å². The maximum absolute atomic E-state index is 12.9. The van der Waals surface area contributed by atoms with Crippen LogP contribution in [-0.2, 0) is 11.2 Å². The van der Waals surface area contributed by atoms with Crippen molar-refractivity contribution >= 4 is 46.3 Å². The van der Waals surface area contributed by atoms with Gasteiger partial charge in [-0.3, -0.25) is 9.69 Å². The molecule has 1 fully saturated rings. The van der Waals surface area contributed by atoms with Gasteiger partial charge in [0.25, 0.3) is 5.91 Å². The highest BCUT2D eigenvalue weighted by atomic mass is 32.2. The molecule has 0 unspecified atom stereocenters. The average molecular weight is 496 g/mol. The predicted octanol–water partition coefficient (Wildman–Crippen LogP) is 4.96. The molecule has 7 nitrogen and oxygen atoms in total. The molecular weight excluding hydrogens is 474 g/mol. The highest BCUT2D eigenvalue weighted by molar-refractivity contribution is 8.26. The fourth-order valence-corrected chi connectivity index (χ4v) is 4.61. The van der Waals surface area contributed by atoms with Gasteiger partial charge in [0.15, 0.2) is 11.5 Å². The van der Waals surface area contributed by atoms with E-state index in [1.54, 1.807) is 55.5 Å². The molecule has 0 aliphatic carbocycles. The predicted molar refractivity (Wildman–Crippen MR) is 133 cm³/mol. The van der Waals surface area contributed by atoms with Gasteiger partial charge < -0.3 is 18.6 Å². The molecule has 2 heterocycles. The maximum atomic E-state index is 12.9. The van der Waals surface area contributed by atoms with Crippen LogP contribution in [0.15, 0.2) is 70.2 Å². The van der Waals surface area contributed by atoms with E-state index in [9.17, 15) is 9.59 Å². The summed E-state index contributed by atoms with van der Waals surface area (Å²) >= 11 is 6.70. The summed E-state index contributed by atoms with van der Waals surface area (Å²) in [5.74, 6) is 1.09. The van der Waals surface area contributed by atoms with Crippen molar-refractivity contribution in [2.45, 2.75) is 6.42 Å². The quantitative estimate of drug-likeness (QED) is 0.188. The zero-order valence-corrected chi connectivity index (χ0v) is 20.1. The number of rotatable bonds is 8. The molecule has 0 bridgehead atoms. The molecule has 1 aromatic heterocycles. The monoisotopic (exact) mass is 495 g/mol. The Balaban J connectivity index is 1.39. The van der Waals surface area contributed by atoms with E-state index in [0.717, 1.165) is 11.1 Å². The molecule has 2 aromatic carbocycles. The molecule has 0 radical (unpaired) electrons. The summed E-state index contributed by atoms with van der Waals surface area (Å²) in [6, 6.07) is 15.7. The number of benzene rings is 2. The van der Waals surface area contributed by atoms with Crippen LogP contribution in [0.25, 0.3) is 6.08 Å². The van der Waals surface area contributed by atoms with E-state index in [1.807, 2.05) is 18.2 Å². The van der Waals surface area contributed by atoms with Crippen molar-refractivity contribution in [2.75, 3.05) is 20.8 Å². The van der Waals surface area contributed by atoms with E-state index in [2.05, 4.69) is 0 Å². The number of methoxy groups -OCH3 is 2. The average Bonchev–Trinajstić information content (AvgIpc) is 3.48. The smallest absolute Gasteiger partial charge is 0.379 e. The van der Waals surface area contributed by atoms with Gasteiger partial charge in [-0.25, -0.2) is 4.79 Å². The Morgan fingerprint density at radius 3 is 2.53 bits per heavy atom.